The lowest BCUT2D eigenvalue weighted by molar-refractivity contribution is 0.608. The van der Waals surface area contributed by atoms with Gasteiger partial charge in [-0.1, -0.05) is 59.2 Å². The summed E-state index contributed by atoms with van der Waals surface area (Å²) in [5, 5.41) is 16.4. The van der Waals surface area contributed by atoms with Crippen molar-refractivity contribution in [2.24, 2.45) is 10.8 Å². The van der Waals surface area contributed by atoms with Crippen molar-refractivity contribution in [2.75, 3.05) is 5.75 Å². The molecule has 1 unspecified atom stereocenters. The summed E-state index contributed by atoms with van der Waals surface area (Å²) >= 11 is 14.0. The van der Waals surface area contributed by atoms with E-state index in [4.69, 9.17) is 34.0 Å². The van der Waals surface area contributed by atoms with E-state index < -0.39 is 0 Å². The lowest BCUT2D eigenvalue weighted by Gasteiger charge is -2.17. The summed E-state index contributed by atoms with van der Waals surface area (Å²) in [6, 6.07) is 13.2. The van der Waals surface area contributed by atoms with Gasteiger partial charge in [0, 0.05) is 33.4 Å². The Kier molecular flexibility index (Phi) is 4.83. The molecule has 0 aliphatic carbocycles. The van der Waals surface area contributed by atoms with Crippen molar-refractivity contribution in [1.82, 2.24) is 19.9 Å². The molecule has 0 radical (unpaired) electrons. The fraction of sp³-hybridized carbons (Fsp3) is 0.150. The molecule has 0 bridgehead atoms. The third-order valence-electron chi connectivity index (χ3n) is 4.88. The van der Waals surface area contributed by atoms with Crippen LogP contribution in [0.25, 0.3) is 10.9 Å². The molecule has 5 rings (SSSR count). The molecule has 1 atom stereocenters. The number of hydrogen-bond donors (Lipinski definition) is 2. The minimum absolute atomic E-state index is 0.347. The van der Waals surface area contributed by atoms with E-state index in [1.165, 1.54) is 0 Å². The van der Waals surface area contributed by atoms with Crippen molar-refractivity contribution in [3.05, 3.63) is 75.7 Å². The van der Waals surface area contributed by atoms with Gasteiger partial charge in [0.15, 0.2) is 5.82 Å². The first-order chi connectivity index (χ1) is 14.1. The van der Waals surface area contributed by atoms with Crippen LogP contribution in [0.2, 0.25) is 10.0 Å². The lowest BCUT2D eigenvalue weighted by Crippen LogP contribution is -2.21. The normalized spacial score (nSPS) is 14.7. The molecular weight excluding hydrogens is 427 g/mol. The lowest BCUT2D eigenvalue weighted by atomic mass is 10.1. The molecule has 6 nitrogen and oxygen atoms in total. The Labute approximate surface area is 181 Å². The minimum atomic E-state index is -0.347. The summed E-state index contributed by atoms with van der Waals surface area (Å²) in [7, 11) is 0. The van der Waals surface area contributed by atoms with E-state index in [0.717, 1.165) is 32.9 Å². The molecule has 3 N–H and O–H groups in total. The molecule has 0 spiro atoms. The van der Waals surface area contributed by atoms with Gasteiger partial charge in [0.1, 0.15) is 0 Å². The van der Waals surface area contributed by atoms with Crippen LogP contribution in [-0.4, -0.2) is 31.3 Å². The Morgan fingerprint density at radius 2 is 2.03 bits per heavy atom. The van der Waals surface area contributed by atoms with Gasteiger partial charge in [0.05, 0.1) is 16.8 Å². The monoisotopic (exact) mass is 442 g/mol. The molecule has 1 aliphatic heterocycles. The van der Waals surface area contributed by atoms with E-state index >= 15 is 0 Å². The Balaban J connectivity index is 1.48. The van der Waals surface area contributed by atoms with Gasteiger partial charge in [0.2, 0.25) is 5.16 Å². The number of para-hydroxylation sites is 1. The van der Waals surface area contributed by atoms with Crippen molar-refractivity contribution in [3.8, 4) is 0 Å². The zero-order valence-corrected chi connectivity index (χ0v) is 17.5. The van der Waals surface area contributed by atoms with Crippen LogP contribution in [0.4, 0.5) is 0 Å². The third-order valence-corrected chi connectivity index (χ3v) is 6.36. The predicted molar refractivity (Wildman–Crippen MR) is 118 cm³/mol. The van der Waals surface area contributed by atoms with Gasteiger partial charge < -0.3 is 10.7 Å². The van der Waals surface area contributed by atoms with Crippen LogP contribution in [0.15, 0.2) is 58.9 Å². The molecule has 29 heavy (non-hydrogen) atoms. The predicted octanol–water partition coefficient (Wildman–Crippen LogP) is 4.67. The number of nitrogens with one attached hydrogen (secondary N) is 1. The Morgan fingerprint density at radius 1 is 1.17 bits per heavy atom. The average Bonchev–Trinajstić information content (AvgIpc) is 3.32. The maximum absolute atomic E-state index is 6.52. The molecule has 0 fully saturated rings. The second-order valence-electron chi connectivity index (χ2n) is 6.78. The number of fused-ring (bicyclic) bond motifs is 2. The Bertz CT molecular complexity index is 1240. The maximum Gasteiger partial charge on any atom is 0.212 e. The number of nitrogens with zero attached hydrogens (tertiary/aromatic N) is 4. The number of thioether (sulfide) groups is 1. The highest BCUT2D eigenvalue weighted by molar-refractivity contribution is 7.99. The largest absolute Gasteiger partial charge is 0.361 e. The second-order valence-corrected chi connectivity index (χ2v) is 8.57. The van der Waals surface area contributed by atoms with Gasteiger partial charge in [-0.05, 0) is 30.2 Å². The van der Waals surface area contributed by atoms with Crippen LogP contribution in [0, 0.1) is 0 Å². The van der Waals surface area contributed by atoms with Crippen molar-refractivity contribution < 1.29 is 0 Å². The van der Waals surface area contributed by atoms with Gasteiger partial charge >= 0.3 is 0 Å². The number of benzene rings is 2. The van der Waals surface area contributed by atoms with Crippen LogP contribution in [0.3, 0.4) is 0 Å². The highest BCUT2D eigenvalue weighted by atomic mass is 35.5. The molecule has 4 aromatic rings. The fourth-order valence-corrected chi connectivity index (χ4v) is 4.81. The molecule has 1 aliphatic rings. The first-order valence-electron chi connectivity index (χ1n) is 9.02. The molecule has 146 valence electrons. The number of aromatic nitrogens is 4. The van der Waals surface area contributed by atoms with Gasteiger partial charge in [-0.15, -0.1) is 10.2 Å². The Morgan fingerprint density at radius 3 is 2.90 bits per heavy atom. The van der Waals surface area contributed by atoms with Crippen molar-refractivity contribution in [1.29, 1.82) is 0 Å². The van der Waals surface area contributed by atoms with Gasteiger partial charge in [-0.2, -0.15) is 9.78 Å². The first-order valence-corrected chi connectivity index (χ1v) is 10.8. The van der Waals surface area contributed by atoms with Crippen LogP contribution in [0.5, 0.6) is 0 Å². The maximum atomic E-state index is 6.52. The summed E-state index contributed by atoms with van der Waals surface area (Å²) in [5.41, 5.74) is 10.4. The van der Waals surface area contributed by atoms with E-state index in [2.05, 4.69) is 21.2 Å². The zero-order chi connectivity index (χ0) is 20.0. The molecule has 0 saturated carbocycles. The zero-order valence-electron chi connectivity index (χ0n) is 15.1. The summed E-state index contributed by atoms with van der Waals surface area (Å²) in [6.07, 6.45) is 2.62. The number of aromatic amines is 1. The van der Waals surface area contributed by atoms with Gasteiger partial charge in [0.25, 0.3) is 0 Å². The molecule has 2 aromatic heterocycles. The van der Waals surface area contributed by atoms with Crippen molar-refractivity contribution in [3.63, 3.8) is 0 Å². The van der Waals surface area contributed by atoms with Gasteiger partial charge in [-0.3, -0.25) is 0 Å². The van der Waals surface area contributed by atoms with E-state index in [0.29, 0.717) is 28.0 Å². The third kappa shape index (κ3) is 3.44. The van der Waals surface area contributed by atoms with Crippen molar-refractivity contribution in [2.45, 2.75) is 17.6 Å². The molecule has 2 aromatic carbocycles. The number of H-pyrrole nitrogens is 1. The molecular formula is C20H16Cl2N6S. The van der Waals surface area contributed by atoms with E-state index in [9.17, 15) is 0 Å². The SMILES string of the molecule is NC(Cc1c[nH]c2ccccc12)c1nnc2n1N=C(c1ccc(Cl)cc1Cl)CS2. The number of nitrogens with two attached hydrogens (primary N) is 1. The standard InChI is InChI=1S/C20H16Cl2N6S/c21-12-5-6-14(15(22)8-12)18-10-29-20-26-25-19(28(20)27-18)16(23)7-11-9-24-17-4-2-1-3-13(11)17/h1-6,8-9,16,24H,7,10,23H2. The fourth-order valence-electron chi connectivity index (χ4n) is 3.46. The number of rotatable bonds is 4. The van der Waals surface area contributed by atoms with Gasteiger partial charge in [-0.25, -0.2) is 0 Å². The smallest absolute Gasteiger partial charge is 0.212 e. The quantitative estimate of drug-likeness (QED) is 0.480. The average molecular weight is 443 g/mol. The van der Waals surface area contributed by atoms with Crippen LogP contribution < -0.4 is 5.73 Å². The second kappa shape index (κ2) is 7.50. The summed E-state index contributed by atoms with van der Waals surface area (Å²) in [5.74, 6) is 1.28. The number of halogens is 2. The topological polar surface area (TPSA) is 84.9 Å². The number of hydrogen-bond acceptors (Lipinski definition) is 5. The summed E-state index contributed by atoms with van der Waals surface area (Å²) in [4.78, 5) is 3.28. The molecule has 9 heteroatoms. The Hall–Kier alpha value is -2.32. The summed E-state index contributed by atoms with van der Waals surface area (Å²) in [6.45, 7) is 0. The molecule has 3 heterocycles. The summed E-state index contributed by atoms with van der Waals surface area (Å²) < 4.78 is 1.73. The van der Waals surface area contributed by atoms with E-state index in [1.54, 1.807) is 28.6 Å². The van der Waals surface area contributed by atoms with E-state index in [1.807, 2.05) is 30.5 Å². The van der Waals surface area contributed by atoms with E-state index in [-0.39, 0.29) is 6.04 Å². The minimum Gasteiger partial charge on any atom is -0.361 e. The van der Waals surface area contributed by atoms with Crippen LogP contribution >= 0.6 is 35.0 Å². The molecule has 0 amide bonds. The van der Waals surface area contributed by atoms with Crippen LogP contribution in [0.1, 0.15) is 23.0 Å². The van der Waals surface area contributed by atoms with Crippen molar-refractivity contribution >= 4 is 51.6 Å². The highest BCUT2D eigenvalue weighted by Crippen LogP contribution is 2.30. The molecule has 0 saturated heterocycles. The van der Waals surface area contributed by atoms with Crippen LogP contribution in [-0.2, 0) is 6.42 Å². The highest BCUT2D eigenvalue weighted by Gasteiger charge is 2.24. The first kappa shape index (κ1) is 18.7.